The predicted molar refractivity (Wildman–Crippen MR) is 89.2 cm³/mol. The van der Waals surface area contributed by atoms with E-state index in [9.17, 15) is 14.4 Å². The highest BCUT2D eigenvalue weighted by molar-refractivity contribution is 5.95. The SMILES string of the molecule is O=Cc1ccc(C(=O)OCC(=O)Nc2ccc3c(c2)CCC3)cc1. The van der Waals surface area contributed by atoms with Gasteiger partial charge in [-0.05, 0) is 54.7 Å². The van der Waals surface area contributed by atoms with Gasteiger partial charge in [0.25, 0.3) is 5.91 Å². The van der Waals surface area contributed by atoms with Gasteiger partial charge in [-0.15, -0.1) is 0 Å². The Morgan fingerprint density at radius 3 is 2.54 bits per heavy atom. The van der Waals surface area contributed by atoms with Gasteiger partial charge in [0.1, 0.15) is 6.29 Å². The van der Waals surface area contributed by atoms with E-state index in [0.29, 0.717) is 23.1 Å². The number of esters is 1. The normalized spacial score (nSPS) is 12.3. The number of hydrogen-bond donors (Lipinski definition) is 1. The molecule has 2 aromatic rings. The molecule has 0 spiro atoms. The standard InChI is InChI=1S/C19H17NO4/c21-11-13-4-6-15(7-5-13)19(23)24-12-18(22)20-17-9-8-14-2-1-3-16(14)10-17/h4-11H,1-3,12H2,(H,20,22). The molecule has 0 unspecified atom stereocenters. The van der Waals surface area contributed by atoms with Gasteiger partial charge in [0.15, 0.2) is 6.61 Å². The van der Waals surface area contributed by atoms with Crippen LogP contribution < -0.4 is 5.32 Å². The second-order valence-corrected chi connectivity index (χ2v) is 5.70. The van der Waals surface area contributed by atoms with Crippen LogP contribution in [0.15, 0.2) is 42.5 Å². The molecule has 0 heterocycles. The van der Waals surface area contributed by atoms with Gasteiger partial charge in [0.2, 0.25) is 0 Å². The van der Waals surface area contributed by atoms with Crippen LogP contribution in [0.4, 0.5) is 5.69 Å². The number of carbonyl (C=O) groups is 3. The first-order chi connectivity index (χ1) is 11.7. The Bertz CT molecular complexity index is 780. The number of ether oxygens (including phenoxy) is 1. The van der Waals surface area contributed by atoms with E-state index in [1.54, 1.807) is 0 Å². The Hall–Kier alpha value is -2.95. The molecule has 1 aliphatic carbocycles. The van der Waals surface area contributed by atoms with Gasteiger partial charge in [0.05, 0.1) is 5.56 Å². The van der Waals surface area contributed by atoms with Crippen LogP contribution in [-0.2, 0) is 22.4 Å². The van der Waals surface area contributed by atoms with Crippen LogP contribution in [0.3, 0.4) is 0 Å². The summed E-state index contributed by atoms with van der Waals surface area (Å²) in [5.41, 5.74) is 4.08. The van der Waals surface area contributed by atoms with Crippen molar-refractivity contribution in [2.75, 3.05) is 11.9 Å². The highest BCUT2D eigenvalue weighted by atomic mass is 16.5. The summed E-state index contributed by atoms with van der Waals surface area (Å²) in [6.45, 7) is -0.356. The van der Waals surface area contributed by atoms with Crippen molar-refractivity contribution in [1.29, 1.82) is 0 Å². The predicted octanol–water partition coefficient (Wildman–Crippen LogP) is 2.78. The Labute approximate surface area is 139 Å². The van der Waals surface area contributed by atoms with Crippen LogP contribution >= 0.6 is 0 Å². The van der Waals surface area contributed by atoms with Crippen LogP contribution in [0.1, 0.15) is 38.3 Å². The number of rotatable bonds is 5. The van der Waals surface area contributed by atoms with E-state index < -0.39 is 5.97 Å². The van der Waals surface area contributed by atoms with Crippen molar-refractivity contribution >= 4 is 23.9 Å². The van der Waals surface area contributed by atoms with E-state index in [4.69, 9.17) is 4.74 Å². The number of aryl methyl sites for hydroxylation is 2. The fraction of sp³-hybridized carbons (Fsp3) is 0.211. The van der Waals surface area contributed by atoms with Crippen LogP contribution in [0, 0.1) is 0 Å². The molecule has 1 amide bonds. The van der Waals surface area contributed by atoms with Gasteiger partial charge in [-0.1, -0.05) is 18.2 Å². The quantitative estimate of drug-likeness (QED) is 0.678. The molecule has 0 aromatic heterocycles. The molecule has 2 aromatic carbocycles. The van der Waals surface area contributed by atoms with Gasteiger partial charge >= 0.3 is 5.97 Å². The highest BCUT2D eigenvalue weighted by Crippen LogP contribution is 2.24. The lowest BCUT2D eigenvalue weighted by Gasteiger charge is -2.08. The first kappa shape index (κ1) is 15.9. The Morgan fingerprint density at radius 2 is 1.79 bits per heavy atom. The van der Waals surface area contributed by atoms with Gasteiger partial charge in [-0.25, -0.2) is 4.79 Å². The smallest absolute Gasteiger partial charge is 0.338 e. The van der Waals surface area contributed by atoms with E-state index >= 15 is 0 Å². The molecule has 3 rings (SSSR count). The molecular weight excluding hydrogens is 306 g/mol. The van der Waals surface area contributed by atoms with Gasteiger partial charge in [-0.2, -0.15) is 0 Å². The highest BCUT2D eigenvalue weighted by Gasteiger charge is 2.13. The summed E-state index contributed by atoms with van der Waals surface area (Å²) in [4.78, 5) is 34.4. The molecular formula is C19H17NO4. The summed E-state index contributed by atoms with van der Waals surface area (Å²) in [7, 11) is 0. The molecule has 5 nitrogen and oxygen atoms in total. The van der Waals surface area contributed by atoms with Crippen molar-refractivity contribution in [3.8, 4) is 0 Å². The summed E-state index contributed by atoms with van der Waals surface area (Å²) in [6, 6.07) is 11.9. The zero-order chi connectivity index (χ0) is 16.9. The molecule has 5 heteroatoms. The van der Waals surface area contributed by atoms with Gasteiger partial charge < -0.3 is 10.1 Å². The van der Waals surface area contributed by atoms with E-state index in [1.807, 2.05) is 18.2 Å². The number of carbonyl (C=O) groups excluding carboxylic acids is 3. The van der Waals surface area contributed by atoms with Crippen molar-refractivity contribution < 1.29 is 19.1 Å². The second-order valence-electron chi connectivity index (χ2n) is 5.70. The third kappa shape index (κ3) is 3.68. The molecule has 0 saturated heterocycles. The fourth-order valence-corrected chi connectivity index (χ4v) is 2.76. The Balaban J connectivity index is 1.53. The Kier molecular flexibility index (Phi) is 4.70. The second kappa shape index (κ2) is 7.08. The minimum absolute atomic E-state index is 0.297. The summed E-state index contributed by atoms with van der Waals surface area (Å²) in [5, 5.41) is 2.73. The third-order valence-electron chi connectivity index (χ3n) is 4.00. The summed E-state index contributed by atoms with van der Waals surface area (Å²) in [5.74, 6) is -0.984. The minimum atomic E-state index is -0.600. The van der Waals surface area contributed by atoms with Gasteiger partial charge in [-0.3, -0.25) is 9.59 Å². The lowest BCUT2D eigenvalue weighted by atomic mass is 10.1. The van der Waals surface area contributed by atoms with Crippen LogP contribution in [-0.4, -0.2) is 24.8 Å². The number of anilines is 1. The number of benzene rings is 2. The maximum atomic E-state index is 11.9. The van der Waals surface area contributed by atoms with Gasteiger partial charge in [0, 0.05) is 11.3 Å². The van der Waals surface area contributed by atoms with E-state index in [0.717, 1.165) is 19.3 Å². The molecule has 1 N–H and O–H groups in total. The van der Waals surface area contributed by atoms with Crippen LogP contribution in [0.2, 0.25) is 0 Å². The molecule has 0 bridgehead atoms. The zero-order valence-electron chi connectivity index (χ0n) is 13.1. The third-order valence-corrected chi connectivity index (χ3v) is 4.00. The summed E-state index contributed by atoms with van der Waals surface area (Å²) < 4.78 is 4.99. The molecule has 0 aliphatic heterocycles. The Morgan fingerprint density at radius 1 is 1.04 bits per heavy atom. The topological polar surface area (TPSA) is 72.5 Å². The summed E-state index contributed by atoms with van der Waals surface area (Å²) >= 11 is 0. The fourth-order valence-electron chi connectivity index (χ4n) is 2.76. The largest absolute Gasteiger partial charge is 0.452 e. The number of fused-ring (bicyclic) bond motifs is 1. The number of nitrogens with one attached hydrogen (secondary N) is 1. The molecule has 0 atom stereocenters. The lowest BCUT2D eigenvalue weighted by Crippen LogP contribution is -2.21. The number of aldehydes is 1. The van der Waals surface area contributed by atoms with Crippen molar-refractivity contribution in [2.24, 2.45) is 0 Å². The maximum Gasteiger partial charge on any atom is 0.338 e. The number of hydrogen-bond acceptors (Lipinski definition) is 4. The lowest BCUT2D eigenvalue weighted by molar-refractivity contribution is -0.119. The monoisotopic (exact) mass is 323 g/mol. The van der Waals surface area contributed by atoms with Crippen molar-refractivity contribution in [3.05, 3.63) is 64.7 Å². The average molecular weight is 323 g/mol. The van der Waals surface area contributed by atoms with Crippen molar-refractivity contribution in [1.82, 2.24) is 0 Å². The van der Waals surface area contributed by atoms with Crippen molar-refractivity contribution in [2.45, 2.75) is 19.3 Å². The summed E-state index contributed by atoms with van der Waals surface area (Å²) in [6.07, 6.45) is 3.96. The molecule has 1 aliphatic rings. The van der Waals surface area contributed by atoms with Crippen LogP contribution in [0.5, 0.6) is 0 Å². The van der Waals surface area contributed by atoms with Crippen molar-refractivity contribution in [3.63, 3.8) is 0 Å². The van der Waals surface area contributed by atoms with Crippen LogP contribution in [0.25, 0.3) is 0 Å². The molecule has 0 saturated carbocycles. The van der Waals surface area contributed by atoms with E-state index in [1.165, 1.54) is 35.4 Å². The molecule has 122 valence electrons. The number of amides is 1. The minimum Gasteiger partial charge on any atom is -0.452 e. The first-order valence-corrected chi connectivity index (χ1v) is 7.80. The van der Waals surface area contributed by atoms with E-state index in [2.05, 4.69) is 5.32 Å². The molecule has 0 fully saturated rings. The maximum absolute atomic E-state index is 11.9. The first-order valence-electron chi connectivity index (χ1n) is 7.80. The van der Waals surface area contributed by atoms with E-state index in [-0.39, 0.29) is 12.5 Å². The zero-order valence-corrected chi connectivity index (χ0v) is 13.1. The average Bonchev–Trinajstić information content (AvgIpc) is 3.07. The molecule has 0 radical (unpaired) electrons. The molecule has 24 heavy (non-hydrogen) atoms.